The Morgan fingerprint density at radius 1 is 1.22 bits per heavy atom. The molecule has 0 fully saturated rings. The van der Waals surface area contributed by atoms with Crippen molar-refractivity contribution < 1.29 is 9.00 Å². The van der Waals surface area contributed by atoms with E-state index in [-0.39, 0.29) is 5.78 Å². The second-order valence-corrected chi connectivity index (χ2v) is 7.20. The molecule has 18 heavy (non-hydrogen) atoms. The van der Waals surface area contributed by atoms with E-state index in [1.54, 1.807) is 24.3 Å². The largest absolute Gasteiger partial charge is 0.291 e. The predicted octanol–water partition coefficient (Wildman–Crippen LogP) is 3.29. The summed E-state index contributed by atoms with van der Waals surface area (Å²) in [5.41, 5.74) is 2.66. The molecule has 2 rings (SSSR count). The van der Waals surface area contributed by atoms with Crippen molar-refractivity contribution in [2.75, 3.05) is 5.75 Å². The number of hydrogen-bond acceptors (Lipinski definition) is 2. The summed E-state index contributed by atoms with van der Waals surface area (Å²) in [7, 11) is -1.37. The number of rotatable bonds is 2. The normalized spacial score (nSPS) is 28.3. The average molecular weight is 283 g/mol. The van der Waals surface area contributed by atoms with E-state index >= 15 is 0 Å². The summed E-state index contributed by atoms with van der Waals surface area (Å²) in [6.07, 6.45) is 0.362. The summed E-state index contributed by atoms with van der Waals surface area (Å²) in [5, 5.41) is 0. The third-order valence-electron chi connectivity index (χ3n) is 3.30. The summed E-state index contributed by atoms with van der Waals surface area (Å²) in [4.78, 5) is 12.4. The van der Waals surface area contributed by atoms with Gasteiger partial charge >= 0.3 is 0 Å². The average Bonchev–Trinajstić information content (AvgIpc) is 2.37. The molecule has 1 aromatic rings. The lowest BCUT2D eigenvalue weighted by Crippen LogP contribution is -2.41. The van der Waals surface area contributed by atoms with Gasteiger partial charge in [-0.25, -0.2) is 0 Å². The molecule has 0 saturated carbocycles. The molecular formula is C14H15ClO2S. The lowest BCUT2D eigenvalue weighted by molar-refractivity contribution is 0.0973. The van der Waals surface area contributed by atoms with E-state index < -0.39 is 15.0 Å². The summed E-state index contributed by atoms with van der Waals surface area (Å²) in [5.74, 6) is 0.142. The van der Waals surface area contributed by atoms with Gasteiger partial charge in [0.15, 0.2) is 9.99 Å². The van der Waals surface area contributed by atoms with Gasteiger partial charge in [-0.15, -0.1) is 0 Å². The molecule has 0 bridgehead atoms. The molecule has 0 amide bonds. The van der Waals surface area contributed by atoms with Crippen molar-refractivity contribution in [1.29, 1.82) is 0 Å². The maximum Gasteiger partial charge on any atom is 0.196 e. The highest BCUT2D eigenvalue weighted by molar-refractivity contribution is 7.89. The van der Waals surface area contributed by atoms with Gasteiger partial charge in [0.05, 0.1) is 10.8 Å². The van der Waals surface area contributed by atoms with E-state index in [0.717, 1.165) is 11.1 Å². The molecule has 1 aliphatic rings. The first-order valence-electron chi connectivity index (χ1n) is 5.77. The van der Waals surface area contributed by atoms with Gasteiger partial charge in [0, 0.05) is 17.7 Å². The molecule has 2 nitrogen and oxygen atoms in total. The first-order chi connectivity index (χ1) is 8.45. The Balaban J connectivity index is 2.38. The molecule has 1 aromatic carbocycles. The number of carbonyl (C=O) groups excluding carboxylic acids is 1. The van der Waals surface area contributed by atoms with Crippen LogP contribution in [-0.2, 0) is 10.8 Å². The van der Waals surface area contributed by atoms with Gasteiger partial charge in [0.1, 0.15) is 0 Å². The molecule has 0 aromatic heterocycles. The van der Waals surface area contributed by atoms with Crippen LogP contribution in [0, 0.1) is 0 Å². The Morgan fingerprint density at radius 3 is 2.44 bits per heavy atom. The number of benzene rings is 1. The zero-order valence-corrected chi connectivity index (χ0v) is 12.0. The van der Waals surface area contributed by atoms with Crippen molar-refractivity contribution >= 4 is 28.2 Å². The predicted molar refractivity (Wildman–Crippen MR) is 75.4 cm³/mol. The highest BCUT2D eigenvalue weighted by Crippen LogP contribution is 2.37. The minimum atomic E-state index is -1.37. The van der Waals surface area contributed by atoms with Gasteiger partial charge in [-0.3, -0.25) is 9.00 Å². The van der Waals surface area contributed by atoms with Crippen LogP contribution in [0.2, 0.25) is 0 Å². The minimum Gasteiger partial charge on any atom is -0.291 e. The number of allylic oxidation sites excluding steroid dienone is 1. The van der Waals surface area contributed by atoms with Crippen molar-refractivity contribution in [1.82, 2.24) is 0 Å². The van der Waals surface area contributed by atoms with Gasteiger partial charge in [0.25, 0.3) is 0 Å². The first kappa shape index (κ1) is 13.5. The molecule has 96 valence electrons. The summed E-state index contributed by atoms with van der Waals surface area (Å²) < 4.78 is 10.9. The highest BCUT2D eigenvalue weighted by Gasteiger charge is 2.45. The van der Waals surface area contributed by atoms with E-state index in [9.17, 15) is 9.00 Å². The van der Waals surface area contributed by atoms with Crippen LogP contribution in [-0.4, -0.2) is 20.0 Å². The Hall–Kier alpha value is -0.930. The molecule has 2 unspecified atom stereocenters. The van der Waals surface area contributed by atoms with E-state index in [1.165, 1.54) is 0 Å². The van der Waals surface area contributed by atoms with Crippen LogP contribution in [0.4, 0.5) is 0 Å². The first-order valence-corrected chi connectivity index (χ1v) is 7.47. The van der Waals surface area contributed by atoms with Gasteiger partial charge < -0.3 is 0 Å². The van der Waals surface area contributed by atoms with Crippen molar-refractivity contribution in [2.24, 2.45) is 0 Å². The van der Waals surface area contributed by atoms with Gasteiger partial charge in [-0.05, 0) is 13.8 Å². The summed E-state index contributed by atoms with van der Waals surface area (Å²) in [6.45, 7) is 3.89. The maximum absolute atomic E-state index is 12.4. The minimum absolute atomic E-state index is 0.241. The van der Waals surface area contributed by atoms with Crippen LogP contribution in [0.5, 0.6) is 0 Å². The lowest BCUT2D eigenvalue weighted by atomic mass is 9.99. The SMILES string of the molecule is CC1=C(C)CC(Cl)(C(=O)c2ccccc2)S(=O)C1. The highest BCUT2D eigenvalue weighted by atomic mass is 35.5. The maximum atomic E-state index is 12.4. The summed E-state index contributed by atoms with van der Waals surface area (Å²) in [6, 6.07) is 8.83. The van der Waals surface area contributed by atoms with Crippen LogP contribution in [0.15, 0.2) is 41.5 Å². The van der Waals surface area contributed by atoms with Gasteiger partial charge in [-0.1, -0.05) is 53.1 Å². The van der Waals surface area contributed by atoms with Gasteiger partial charge in [0.2, 0.25) is 0 Å². The van der Waals surface area contributed by atoms with Crippen LogP contribution < -0.4 is 0 Å². The molecule has 1 heterocycles. The molecule has 1 aliphatic heterocycles. The molecule has 0 saturated heterocycles. The van der Waals surface area contributed by atoms with Crippen molar-refractivity contribution in [3.8, 4) is 0 Å². The molecule has 2 atom stereocenters. The second-order valence-electron chi connectivity index (χ2n) is 4.65. The Morgan fingerprint density at radius 2 is 1.83 bits per heavy atom. The third kappa shape index (κ3) is 2.29. The lowest BCUT2D eigenvalue weighted by Gasteiger charge is -2.30. The van der Waals surface area contributed by atoms with E-state index in [0.29, 0.717) is 17.7 Å². The van der Waals surface area contributed by atoms with E-state index in [4.69, 9.17) is 11.6 Å². The van der Waals surface area contributed by atoms with E-state index in [1.807, 2.05) is 19.9 Å². The smallest absolute Gasteiger partial charge is 0.196 e. The number of carbonyl (C=O) groups is 1. The zero-order chi connectivity index (χ0) is 13.3. The fourth-order valence-electron chi connectivity index (χ4n) is 2.00. The van der Waals surface area contributed by atoms with Crippen LogP contribution in [0.3, 0.4) is 0 Å². The fourth-order valence-corrected chi connectivity index (χ4v) is 4.04. The fraction of sp³-hybridized carbons (Fsp3) is 0.357. The van der Waals surface area contributed by atoms with Crippen molar-refractivity contribution in [3.05, 3.63) is 47.0 Å². The Bertz CT molecular complexity index is 536. The topological polar surface area (TPSA) is 34.1 Å². The third-order valence-corrected chi connectivity index (χ3v) is 5.87. The zero-order valence-electron chi connectivity index (χ0n) is 10.4. The Kier molecular flexibility index (Phi) is 3.74. The summed E-state index contributed by atoms with van der Waals surface area (Å²) >= 11 is 6.39. The van der Waals surface area contributed by atoms with Crippen LogP contribution >= 0.6 is 11.6 Å². The van der Waals surface area contributed by atoms with Crippen molar-refractivity contribution in [2.45, 2.75) is 24.5 Å². The van der Waals surface area contributed by atoms with Crippen LogP contribution in [0.1, 0.15) is 30.6 Å². The number of Topliss-reactive ketones (excluding diaryl/α,β-unsaturated/α-hetero) is 1. The van der Waals surface area contributed by atoms with Crippen LogP contribution in [0.25, 0.3) is 0 Å². The van der Waals surface area contributed by atoms with Crippen molar-refractivity contribution in [3.63, 3.8) is 0 Å². The number of hydrogen-bond donors (Lipinski definition) is 0. The molecule has 0 spiro atoms. The molecule has 0 N–H and O–H groups in total. The number of halogens is 1. The molecule has 4 heteroatoms. The molecule has 0 aliphatic carbocycles. The monoisotopic (exact) mass is 282 g/mol. The quantitative estimate of drug-likeness (QED) is 0.474. The number of ketones is 1. The Labute approximate surface area is 114 Å². The molecular weight excluding hydrogens is 268 g/mol. The number of alkyl halides is 1. The van der Waals surface area contributed by atoms with Gasteiger partial charge in [-0.2, -0.15) is 0 Å². The van der Waals surface area contributed by atoms with E-state index in [2.05, 4.69) is 0 Å². The molecule has 0 radical (unpaired) electrons. The standard InChI is InChI=1S/C14H15ClO2S/c1-10-8-14(15,18(17)9-11(10)2)13(16)12-6-4-3-5-7-12/h3-7H,8-9H2,1-2H3. The second kappa shape index (κ2) is 4.98.